The van der Waals surface area contributed by atoms with Crippen LogP contribution in [0.15, 0.2) is 47.3 Å². The average molecular weight is 514 g/mol. The number of likely N-dealkylation sites (tertiary alicyclic amines) is 1. The lowest BCUT2D eigenvalue weighted by Gasteiger charge is -2.44. The number of amides is 1. The maximum atomic E-state index is 12.8. The summed E-state index contributed by atoms with van der Waals surface area (Å²) in [5, 5.41) is 6.18. The Bertz CT molecular complexity index is 1100. The molecule has 10 heteroatoms. The van der Waals surface area contributed by atoms with E-state index in [0.29, 0.717) is 30.3 Å². The van der Waals surface area contributed by atoms with E-state index in [1.807, 2.05) is 34.6 Å². The molecule has 2 aliphatic heterocycles. The number of aromatic nitrogens is 1. The van der Waals surface area contributed by atoms with Gasteiger partial charge >= 0.3 is 0 Å². The smallest absolute Gasteiger partial charge is 0.253 e. The van der Waals surface area contributed by atoms with E-state index in [-0.39, 0.29) is 23.3 Å². The van der Waals surface area contributed by atoms with Crippen molar-refractivity contribution in [1.29, 1.82) is 0 Å². The lowest BCUT2D eigenvalue weighted by atomic mass is 9.83. The van der Waals surface area contributed by atoms with Gasteiger partial charge in [-0.05, 0) is 49.2 Å². The van der Waals surface area contributed by atoms with Crippen molar-refractivity contribution in [2.45, 2.75) is 35.8 Å². The lowest BCUT2D eigenvalue weighted by molar-refractivity contribution is 0.0932. The van der Waals surface area contributed by atoms with E-state index in [1.54, 1.807) is 24.3 Å². The second kappa shape index (κ2) is 9.21. The molecule has 3 heterocycles. The number of pyridine rings is 1. The number of nitrogens with zero attached hydrogens (tertiary/aromatic N) is 2. The van der Waals surface area contributed by atoms with Gasteiger partial charge in [-0.2, -0.15) is 0 Å². The highest BCUT2D eigenvalue weighted by Gasteiger charge is 2.39. The first-order valence-corrected chi connectivity index (χ1v) is 11.9. The van der Waals surface area contributed by atoms with Crippen molar-refractivity contribution in [2.24, 2.45) is 5.92 Å². The minimum Gasteiger partial charge on any atom is -0.348 e. The molecular weight excluding hydrogens is 491 g/mol. The molecule has 3 atom stereocenters. The predicted molar refractivity (Wildman–Crippen MR) is 132 cm³/mol. The number of carbonyl (C=O) groups excluding carboxylic acids is 1. The van der Waals surface area contributed by atoms with Gasteiger partial charge in [-0.3, -0.25) is 9.59 Å². The van der Waals surface area contributed by atoms with E-state index < -0.39 is 9.96 Å². The highest BCUT2D eigenvalue weighted by molar-refractivity contribution is 7.80. The van der Waals surface area contributed by atoms with Crippen LogP contribution in [0.2, 0.25) is 0 Å². The van der Waals surface area contributed by atoms with Crippen molar-refractivity contribution in [3.05, 3.63) is 69.6 Å². The number of aryl methyl sites for hydroxylation is 1. The molecule has 1 fully saturated rings. The minimum absolute atomic E-state index is 0.0292. The summed E-state index contributed by atoms with van der Waals surface area (Å²) in [6.45, 7) is 3.82. The van der Waals surface area contributed by atoms with Gasteiger partial charge in [0.15, 0.2) is 5.11 Å². The third-order valence-corrected chi connectivity index (χ3v) is 7.06. The molecule has 0 spiro atoms. The number of thiocarbonyl (C=S) groups is 1. The predicted octanol–water partition coefficient (Wildman–Crippen LogP) is 3.58. The molecule has 0 aliphatic carbocycles. The van der Waals surface area contributed by atoms with Crippen molar-refractivity contribution in [3.63, 3.8) is 0 Å². The highest BCUT2D eigenvalue weighted by atomic mass is 35.6. The topological polar surface area (TPSA) is 66.4 Å². The number of piperidine rings is 1. The van der Waals surface area contributed by atoms with Gasteiger partial charge in [0.25, 0.3) is 11.5 Å². The number of benzene rings is 1. The second-order valence-corrected chi connectivity index (χ2v) is 11.1. The molecule has 1 aromatic heterocycles. The molecule has 4 rings (SSSR count). The van der Waals surface area contributed by atoms with Crippen LogP contribution in [-0.4, -0.2) is 43.5 Å². The van der Waals surface area contributed by atoms with Gasteiger partial charge in [0.1, 0.15) is 6.17 Å². The van der Waals surface area contributed by atoms with Crippen LogP contribution in [-0.2, 0) is 6.54 Å². The van der Waals surface area contributed by atoms with E-state index in [0.717, 1.165) is 17.7 Å². The van der Waals surface area contributed by atoms with Crippen molar-refractivity contribution < 1.29 is 4.79 Å². The Labute approximate surface area is 206 Å². The molecule has 6 nitrogen and oxygen atoms in total. The summed E-state index contributed by atoms with van der Waals surface area (Å²) in [6.07, 6.45) is -0.0238. The van der Waals surface area contributed by atoms with Crippen LogP contribution in [0.4, 0.5) is 0 Å². The molecule has 170 valence electrons. The van der Waals surface area contributed by atoms with Crippen molar-refractivity contribution in [1.82, 2.24) is 20.1 Å². The second-order valence-electron chi connectivity index (χ2n) is 8.32. The number of nitrogens with one attached hydrogen (secondary N) is 2. The normalized spacial score (nSPS) is 20.8. The summed E-state index contributed by atoms with van der Waals surface area (Å²) < 4.78 is 0.0349. The van der Waals surface area contributed by atoms with Gasteiger partial charge in [-0.1, -0.05) is 59.1 Å². The number of alkyl halides is 3. The van der Waals surface area contributed by atoms with Gasteiger partial charge in [0, 0.05) is 42.9 Å². The molecule has 0 radical (unpaired) electrons. The van der Waals surface area contributed by atoms with Crippen molar-refractivity contribution in [3.8, 4) is 0 Å². The minimum atomic E-state index is -1.83. The van der Waals surface area contributed by atoms with Gasteiger partial charge in [-0.15, -0.1) is 0 Å². The molecule has 1 amide bonds. The Morgan fingerprint density at radius 2 is 1.84 bits per heavy atom. The summed E-state index contributed by atoms with van der Waals surface area (Å²) in [6, 6.07) is 12.6. The summed E-state index contributed by atoms with van der Waals surface area (Å²) >= 11 is 24.1. The number of carbonyl (C=O) groups is 1. The van der Waals surface area contributed by atoms with E-state index in [4.69, 9.17) is 47.0 Å². The number of rotatable bonds is 3. The van der Waals surface area contributed by atoms with Crippen LogP contribution >= 0.6 is 47.0 Å². The first-order valence-electron chi connectivity index (χ1n) is 10.3. The fraction of sp³-hybridized carbons (Fsp3) is 0.409. The van der Waals surface area contributed by atoms with Gasteiger partial charge in [-0.25, -0.2) is 0 Å². The van der Waals surface area contributed by atoms with Crippen LogP contribution in [0.3, 0.4) is 0 Å². The monoisotopic (exact) mass is 512 g/mol. The molecule has 1 saturated heterocycles. The van der Waals surface area contributed by atoms with E-state index in [2.05, 4.69) is 10.6 Å². The SMILES string of the molecule is Cc1ccccc1C(=O)N[C@H](NC(=S)N1C[C@H]2C[C@H](C1)c1cccc(=O)n1C2)C(Cl)(Cl)Cl. The first kappa shape index (κ1) is 23.4. The fourth-order valence-electron chi connectivity index (χ4n) is 4.51. The zero-order chi connectivity index (χ0) is 23.0. The Morgan fingerprint density at radius 3 is 2.56 bits per heavy atom. The molecule has 2 bridgehead atoms. The molecule has 2 N–H and O–H groups in total. The Balaban J connectivity index is 1.48. The van der Waals surface area contributed by atoms with Crippen LogP contribution in [0.5, 0.6) is 0 Å². The van der Waals surface area contributed by atoms with E-state index in [9.17, 15) is 9.59 Å². The average Bonchev–Trinajstić information content (AvgIpc) is 2.73. The van der Waals surface area contributed by atoms with Gasteiger partial charge < -0.3 is 20.1 Å². The summed E-state index contributed by atoms with van der Waals surface area (Å²) in [7, 11) is 0. The molecule has 2 aliphatic rings. The first-order chi connectivity index (χ1) is 15.1. The molecular formula is C22H23Cl3N4O2S. The van der Waals surface area contributed by atoms with Gasteiger partial charge in [0.2, 0.25) is 3.79 Å². The zero-order valence-corrected chi connectivity index (χ0v) is 20.4. The number of hydrogen-bond donors (Lipinski definition) is 2. The summed E-state index contributed by atoms with van der Waals surface area (Å²) in [5.41, 5.74) is 2.36. The Hall–Kier alpha value is -1.80. The maximum Gasteiger partial charge on any atom is 0.253 e. The number of halogens is 3. The fourth-order valence-corrected chi connectivity index (χ4v) is 5.11. The molecule has 1 aromatic carbocycles. The zero-order valence-electron chi connectivity index (χ0n) is 17.4. The quantitative estimate of drug-likeness (QED) is 0.373. The summed E-state index contributed by atoms with van der Waals surface area (Å²) in [5.74, 6) is 0.108. The van der Waals surface area contributed by atoms with Gasteiger partial charge in [0.05, 0.1) is 0 Å². The largest absolute Gasteiger partial charge is 0.348 e. The number of hydrogen-bond acceptors (Lipinski definition) is 3. The molecule has 32 heavy (non-hydrogen) atoms. The van der Waals surface area contributed by atoms with Crippen molar-refractivity contribution >= 4 is 58.0 Å². The van der Waals surface area contributed by atoms with Crippen LogP contribution in [0.1, 0.15) is 34.0 Å². The molecule has 0 saturated carbocycles. The Kier molecular flexibility index (Phi) is 6.73. The maximum absolute atomic E-state index is 12.8. The lowest BCUT2D eigenvalue weighted by Crippen LogP contribution is -2.60. The van der Waals surface area contributed by atoms with E-state index in [1.165, 1.54) is 0 Å². The van der Waals surface area contributed by atoms with Crippen LogP contribution < -0.4 is 16.2 Å². The standard InChI is InChI=1S/C22H23Cl3N4O2S/c1-13-5-2-3-6-16(13)19(31)26-20(22(23,24)25)27-21(32)28-10-14-9-15(12-28)17-7-4-8-18(30)29(17)11-14/h2-8,14-15,20H,9-12H2,1H3,(H,26,31)(H,27,32)/t14-,15-,20-/m1/s1. The third-order valence-electron chi connectivity index (χ3n) is 6.03. The van der Waals surface area contributed by atoms with Crippen molar-refractivity contribution in [2.75, 3.05) is 13.1 Å². The van der Waals surface area contributed by atoms with E-state index >= 15 is 0 Å². The molecule has 2 aromatic rings. The highest BCUT2D eigenvalue weighted by Crippen LogP contribution is 2.35. The molecule has 0 unspecified atom stereocenters. The summed E-state index contributed by atoms with van der Waals surface area (Å²) in [4.78, 5) is 27.1. The van der Waals surface area contributed by atoms with Crippen LogP contribution in [0, 0.1) is 12.8 Å². The number of fused-ring (bicyclic) bond motifs is 4. The Morgan fingerprint density at radius 1 is 1.09 bits per heavy atom. The van der Waals surface area contributed by atoms with Crippen LogP contribution in [0.25, 0.3) is 0 Å². The third kappa shape index (κ3) is 4.91.